The monoisotopic (exact) mass is 491 g/mol. The van der Waals surface area contributed by atoms with E-state index in [0.717, 1.165) is 24.6 Å². The predicted molar refractivity (Wildman–Crippen MR) is 122 cm³/mol. The summed E-state index contributed by atoms with van der Waals surface area (Å²) >= 11 is 6.41. The van der Waals surface area contributed by atoms with Gasteiger partial charge in [0.2, 0.25) is 0 Å². The number of hydrogen-bond acceptors (Lipinski definition) is 7. The predicted octanol–water partition coefficient (Wildman–Crippen LogP) is 4.87. The molecule has 0 radical (unpaired) electrons. The maximum atomic E-state index is 12.1. The van der Waals surface area contributed by atoms with Crippen LogP contribution < -0.4 is 14.9 Å². The molecule has 1 N–H and O–H groups in total. The molecule has 0 bridgehead atoms. The molecule has 150 valence electrons. The third kappa shape index (κ3) is 5.81. The number of ether oxygens (including phenoxy) is 2. The van der Waals surface area contributed by atoms with E-state index in [1.807, 2.05) is 30.3 Å². The molecule has 0 fully saturated rings. The molecule has 2 aromatic carbocycles. The fraction of sp³-hybridized carbons (Fsp3) is 0.150. The first kappa shape index (κ1) is 21.4. The molecular formula is C20H18BrN3O3S2. The molecule has 3 aromatic rings. The lowest BCUT2D eigenvalue weighted by Crippen LogP contribution is -2.19. The van der Waals surface area contributed by atoms with Gasteiger partial charge < -0.3 is 9.47 Å². The van der Waals surface area contributed by atoms with E-state index in [1.54, 1.807) is 36.8 Å². The number of rotatable bonds is 9. The average Bonchev–Trinajstić information content (AvgIpc) is 3.14. The third-order valence-electron chi connectivity index (χ3n) is 3.60. The highest BCUT2D eigenvalue weighted by atomic mass is 79.9. The number of methoxy groups -OCH3 is 1. The molecule has 0 spiro atoms. The molecule has 29 heavy (non-hydrogen) atoms. The lowest BCUT2D eigenvalue weighted by atomic mass is 10.2. The SMILES string of the molecule is C=CCOc1c(Br)cc(/C=N\NC(=O)CSc2nc3ccccc3s2)cc1OC. The summed E-state index contributed by atoms with van der Waals surface area (Å²) in [5, 5.41) is 4.02. The van der Waals surface area contributed by atoms with E-state index in [2.05, 4.69) is 38.0 Å². The van der Waals surface area contributed by atoms with Crippen LogP contribution in [0.5, 0.6) is 11.5 Å². The number of benzene rings is 2. The quantitative estimate of drug-likeness (QED) is 0.200. The maximum Gasteiger partial charge on any atom is 0.250 e. The van der Waals surface area contributed by atoms with Crippen molar-refractivity contribution in [3.8, 4) is 11.5 Å². The lowest BCUT2D eigenvalue weighted by Gasteiger charge is -2.12. The van der Waals surface area contributed by atoms with Gasteiger partial charge in [0.1, 0.15) is 6.61 Å². The Balaban J connectivity index is 1.56. The van der Waals surface area contributed by atoms with Gasteiger partial charge in [-0.3, -0.25) is 4.79 Å². The second-order valence-corrected chi connectivity index (χ2v) is 8.77. The molecule has 3 rings (SSSR count). The van der Waals surface area contributed by atoms with Gasteiger partial charge in [-0.05, 0) is 45.8 Å². The van der Waals surface area contributed by atoms with Crippen molar-refractivity contribution in [2.24, 2.45) is 5.10 Å². The number of nitrogens with one attached hydrogen (secondary N) is 1. The lowest BCUT2D eigenvalue weighted by molar-refractivity contribution is -0.118. The van der Waals surface area contributed by atoms with Crippen molar-refractivity contribution in [3.05, 3.63) is 59.1 Å². The zero-order chi connectivity index (χ0) is 20.6. The summed E-state index contributed by atoms with van der Waals surface area (Å²) in [6.07, 6.45) is 3.20. The summed E-state index contributed by atoms with van der Waals surface area (Å²) in [6.45, 7) is 4.00. The molecule has 0 aliphatic rings. The standard InChI is InChI=1S/C20H18BrN3O3S2/c1-3-8-27-19-14(21)9-13(10-16(19)26-2)11-22-24-18(25)12-28-20-23-15-6-4-5-7-17(15)29-20/h3-7,9-11H,1,8,12H2,2H3,(H,24,25)/b22-11-. The topological polar surface area (TPSA) is 72.8 Å². The number of para-hydroxylation sites is 1. The molecule has 0 saturated carbocycles. The number of fused-ring (bicyclic) bond motifs is 1. The smallest absolute Gasteiger partial charge is 0.250 e. The number of thioether (sulfide) groups is 1. The molecule has 1 amide bonds. The number of hydrazone groups is 1. The zero-order valence-electron chi connectivity index (χ0n) is 15.6. The number of hydrogen-bond donors (Lipinski definition) is 1. The fourth-order valence-corrected chi connectivity index (χ4v) is 4.78. The van der Waals surface area contributed by atoms with Crippen LogP contribution in [0.4, 0.5) is 0 Å². The number of thiazole rings is 1. The Morgan fingerprint density at radius 2 is 2.24 bits per heavy atom. The van der Waals surface area contributed by atoms with E-state index in [0.29, 0.717) is 18.1 Å². The first-order valence-corrected chi connectivity index (χ1v) is 11.1. The third-order valence-corrected chi connectivity index (χ3v) is 6.37. The van der Waals surface area contributed by atoms with Crippen molar-refractivity contribution in [1.82, 2.24) is 10.4 Å². The van der Waals surface area contributed by atoms with Crippen molar-refractivity contribution < 1.29 is 14.3 Å². The molecule has 0 saturated heterocycles. The van der Waals surface area contributed by atoms with Crippen molar-refractivity contribution in [1.29, 1.82) is 0 Å². The van der Waals surface area contributed by atoms with E-state index in [-0.39, 0.29) is 11.7 Å². The number of halogens is 1. The fourth-order valence-electron chi connectivity index (χ4n) is 2.35. The second kappa shape index (κ2) is 10.4. The van der Waals surface area contributed by atoms with Gasteiger partial charge in [0.25, 0.3) is 5.91 Å². The Morgan fingerprint density at radius 3 is 3.00 bits per heavy atom. The molecule has 1 aromatic heterocycles. The Bertz CT molecular complexity index is 1020. The Kier molecular flexibility index (Phi) is 7.68. The van der Waals surface area contributed by atoms with Crippen LogP contribution >= 0.6 is 39.0 Å². The van der Waals surface area contributed by atoms with Crippen molar-refractivity contribution >= 4 is 61.4 Å². The van der Waals surface area contributed by atoms with Gasteiger partial charge >= 0.3 is 0 Å². The maximum absolute atomic E-state index is 12.1. The van der Waals surface area contributed by atoms with Crippen LogP contribution in [0.1, 0.15) is 5.56 Å². The van der Waals surface area contributed by atoms with Gasteiger partial charge in [0.15, 0.2) is 15.8 Å². The Hall–Kier alpha value is -2.36. The van der Waals surface area contributed by atoms with Gasteiger partial charge in [0.05, 0.1) is 33.8 Å². The highest BCUT2D eigenvalue weighted by molar-refractivity contribution is 9.10. The molecule has 9 heteroatoms. The van der Waals surface area contributed by atoms with Crippen LogP contribution in [0, 0.1) is 0 Å². The minimum absolute atomic E-state index is 0.206. The normalized spacial score (nSPS) is 11.0. The summed E-state index contributed by atoms with van der Waals surface area (Å²) in [4.78, 5) is 16.5. The molecule has 6 nitrogen and oxygen atoms in total. The molecular weight excluding hydrogens is 474 g/mol. The van der Waals surface area contributed by atoms with Crippen LogP contribution in [0.25, 0.3) is 10.2 Å². The van der Waals surface area contributed by atoms with E-state index in [1.165, 1.54) is 11.8 Å². The van der Waals surface area contributed by atoms with Gasteiger partial charge in [0, 0.05) is 0 Å². The number of nitrogens with zero attached hydrogens (tertiary/aromatic N) is 2. The molecule has 1 heterocycles. The van der Waals surface area contributed by atoms with Crippen molar-refractivity contribution in [2.75, 3.05) is 19.5 Å². The number of aromatic nitrogens is 1. The van der Waals surface area contributed by atoms with Crippen LogP contribution in [0.3, 0.4) is 0 Å². The molecule has 0 unspecified atom stereocenters. The van der Waals surface area contributed by atoms with Crippen LogP contribution in [0.2, 0.25) is 0 Å². The van der Waals surface area contributed by atoms with Crippen molar-refractivity contribution in [2.45, 2.75) is 4.34 Å². The zero-order valence-corrected chi connectivity index (χ0v) is 18.8. The largest absolute Gasteiger partial charge is 0.493 e. The first-order valence-electron chi connectivity index (χ1n) is 8.52. The van der Waals surface area contributed by atoms with Gasteiger partial charge in [-0.1, -0.05) is 36.5 Å². The molecule has 0 atom stereocenters. The van der Waals surface area contributed by atoms with E-state index >= 15 is 0 Å². The summed E-state index contributed by atoms with van der Waals surface area (Å²) in [6, 6.07) is 11.5. The van der Waals surface area contributed by atoms with E-state index in [9.17, 15) is 4.79 Å². The summed E-state index contributed by atoms with van der Waals surface area (Å²) in [5.41, 5.74) is 4.22. The highest BCUT2D eigenvalue weighted by Crippen LogP contribution is 2.36. The molecule has 0 aliphatic carbocycles. The summed E-state index contributed by atoms with van der Waals surface area (Å²) in [7, 11) is 1.56. The average molecular weight is 492 g/mol. The number of carbonyl (C=O) groups is 1. The number of amides is 1. The Labute approximate surface area is 185 Å². The summed E-state index contributed by atoms with van der Waals surface area (Å²) in [5.74, 6) is 1.17. The first-order chi connectivity index (χ1) is 14.1. The number of carbonyl (C=O) groups excluding carboxylic acids is 1. The summed E-state index contributed by atoms with van der Waals surface area (Å²) < 4.78 is 13.6. The Morgan fingerprint density at radius 1 is 1.41 bits per heavy atom. The van der Waals surface area contributed by atoms with Gasteiger partial charge in [-0.15, -0.1) is 11.3 Å². The highest BCUT2D eigenvalue weighted by Gasteiger charge is 2.11. The minimum Gasteiger partial charge on any atom is -0.493 e. The van der Waals surface area contributed by atoms with Crippen molar-refractivity contribution in [3.63, 3.8) is 0 Å². The van der Waals surface area contributed by atoms with Gasteiger partial charge in [-0.2, -0.15) is 5.10 Å². The van der Waals surface area contributed by atoms with Crippen LogP contribution in [0.15, 0.2) is 63.0 Å². The molecule has 0 aliphatic heterocycles. The van der Waals surface area contributed by atoms with E-state index < -0.39 is 0 Å². The second-order valence-electron chi connectivity index (χ2n) is 5.66. The van der Waals surface area contributed by atoms with Gasteiger partial charge in [-0.25, -0.2) is 10.4 Å². The van der Waals surface area contributed by atoms with Crippen LogP contribution in [-0.2, 0) is 4.79 Å². The van der Waals surface area contributed by atoms with Crippen LogP contribution in [-0.4, -0.2) is 36.6 Å². The minimum atomic E-state index is -0.206. The van der Waals surface area contributed by atoms with E-state index in [4.69, 9.17) is 9.47 Å².